The summed E-state index contributed by atoms with van der Waals surface area (Å²) in [4.78, 5) is 0. The molecule has 0 aliphatic carbocycles. The van der Waals surface area contributed by atoms with E-state index in [1.165, 1.54) is 18.4 Å². The Hall–Kier alpha value is -2.00. The normalized spacial score (nSPS) is 17.5. The Balaban J connectivity index is 1.60. The highest BCUT2D eigenvalue weighted by atomic mass is 16.5. The number of ether oxygens (including phenoxy) is 1. The van der Waals surface area contributed by atoms with Crippen molar-refractivity contribution in [2.75, 3.05) is 13.2 Å². The van der Waals surface area contributed by atoms with Gasteiger partial charge >= 0.3 is 0 Å². The monoisotopic (exact) mass is 297 g/mol. The molecule has 116 valence electrons. The van der Waals surface area contributed by atoms with Gasteiger partial charge in [-0.15, -0.1) is 0 Å². The molecule has 0 radical (unpaired) electrons. The third kappa shape index (κ3) is 4.01. The van der Waals surface area contributed by atoms with Crippen molar-refractivity contribution in [1.29, 1.82) is 0 Å². The second-order valence-electron chi connectivity index (χ2n) is 5.88. The molecular weight excluding hydrogens is 274 g/mol. The number of para-hydroxylation sites is 1. The van der Waals surface area contributed by atoms with E-state index >= 15 is 0 Å². The van der Waals surface area contributed by atoms with Crippen molar-refractivity contribution < 1.29 is 9.84 Å². The maximum Gasteiger partial charge on any atom is 0.122 e. The van der Waals surface area contributed by atoms with Crippen LogP contribution in [0.5, 0.6) is 11.5 Å². The second kappa shape index (κ2) is 7.32. The molecule has 0 amide bonds. The van der Waals surface area contributed by atoms with E-state index in [0.717, 1.165) is 37.3 Å². The predicted molar refractivity (Wildman–Crippen MR) is 88.5 cm³/mol. The Labute approximate surface area is 131 Å². The highest BCUT2D eigenvalue weighted by Gasteiger charge is 2.15. The van der Waals surface area contributed by atoms with E-state index in [4.69, 9.17) is 4.74 Å². The van der Waals surface area contributed by atoms with Crippen LogP contribution in [0, 0.1) is 0 Å². The van der Waals surface area contributed by atoms with Crippen LogP contribution in [-0.2, 0) is 12.8 Å². The lowest BCUT2D eigenvalue weighted by molar-refractivity contribution is 0.274. The zero-order valence-electron chi connectivity index (χ0n) is 12.8. The zero-order chi connectivity index (χ0) is 15.2. The average molecular weight is 297 g/mol. The first kappa shape index (κ1) is 14.9. The first-order valence-corrected chi connectivity index (χ1v) is 8.03. The molecule has 0 aromatic heterocycles. The summed E-state index contributed by atoms with van der Waals surface area (Å²) in [7, 11) is 0. The summed E-state index contributed by atoms with van der Waals surface area (Å²) in [5, 5.41) is 13.0. The van der Waals surface area contributed by atoms with Crippen LogP contribution in [0.3, 0.4) is 0 Å². The van der Waals surface area contributed by atoms with Gasteiger partial charge in [-0.1, -0.05) is 30.3 Å². The summed E-state index contributed by atoms with van der Waals surface area (Å²) in [6.07, 6.45) is 4.26. The Kier molecular flexibility index (Phi) is 4.96. The summed E-state index contributed by atoms with van der Waals surface area (Å²) in [5.41, 5.74) is 2.37. The van der Waals surface area contributed by atoms with Gasteiger partial charge in [0.15, 0.2) is 0 Å². The number of aryl methyl sites for hydroxylation is 2. The number of rotatable bonds is 6. The van der Waals surface area contributed by atoms with Gasteiger partial charge < -0.3 is 15.2 Å². The molecule has 3 nitrogen and oxygen atoms in total. The van der Waals surface area contributed by atoms with Gasteiger partial charge in [-0.25, -0.2) is 0 Å². The number of hydrogen-bond acceptors (Lipinski definition) is 3. The molecule has 0 spiro atoms. The highest BCUT2D eigenvalue weighted by Crippen LogP contribution is 2.22. The summed E-state index contributed by atoms with van der Waals surface area (Å²) in [5.74, 6) is 1.31. The van der Waals surface area contributed by atoms with Gasteiger partial charge in [0, 0.05) is 6.04 Å². The van der Waals surface area contributed by atoms with Crippen LogP contribution in [0.1, 0.15) is 24.0 Å². The first-order valence-electron chi connectivity index (χ1n) is 8.03. The van der Waals surface area contributed by atoms with Crippen molar-refractivity contribution in [3.63, 3.8) is 0 Å². The molecule has 0 bridgehead atoms. The van der Waals surface area contributed by atoms with Crippen LogP contribution in [0.25, 0.3) is 0 Å². The molecule has 22 heavy (non-hydrogen) atoms. The summed E-state index contributed by atoms with van der Waals surface area (Å²) in [6.45, 7) is 1.84. The van der Waals surface area contributed by atoms with E-state index in [-0.39, 0.29) is 0 Å². The van der Waals surface area contributed by atoms with Crippen LogP contribution in [-0.4, -0.2) is 24.3 Å². The van der Waals surface area contributed by atoms with Crippen LogP contribution >= 0.6 is 0 Å². The van der Waals surface area contributed by atoms with Crippen molar-refractivity contribution in [3.8, 4) is 11.5 Å². The Morgan fingerprint density at radius 1 is 1.09 bits per heavy atom. The minimum Gasteiger partial charge on any atom is -0.508 e. The third-order valence-corrected chi connectivity index (χ3v) is 4.17. The molecule has 1 fully saturated rings. The molecule has 3 rings (SSSR count). The minimum absolute atomic E-state index is 0.328. The molecule has 2 aromatic rings. The van der Waals surface area contributed by atoms with Crippen LogP contribution in [0.15, 0.2) is 48.5 Å². The number of phenolic OH excluding ortho intramolecular Hbond substituents is 1. The molecule has 1 aliphatic rings. The van der Waals surface area contributed by atoms with Crippen molar-refractivity contribution >= 4 is 0 Å². The number of hydrogen-bond donors (Lipinski definition) is 2. The van der Waals surface area contributed by atoms with E-state index < -0.39 is 0 Å². The molecular formula is C19H23NO2. The van der Waals surface area contributed by atoms with E-state index in [2.05, 4.69) is 17.4 Å². The fourth-order valence-corrected chi connectivity index (χ4v) is 2.93. The molecule has 3 heteroatoms. The topological polar surface area (TPSA) is 41.5 Å². The van der Waals surface area contributed by atoms with Crippen molar-refractivity contribution in [2.45, 2.75) is 31.7 Å². The molecule has 1 atom stereocenters. The van der Waals surface area contributed by atoms with Gasteiger partial charge in [0.2, 0.25) is 0 Å². The van der Waals surface area contributed by atoms with E-state index in [0.29, 0.717) is 11.8 Å². The van der Waals surface area contributed by atoms with Crippen molar-refractivity contribution in [1.82, 2.24) is 5.32 Å². The van der Waals surface area contributed by atoms with Gasteiger partial charge in [0.1, 0.15) is 18.1 Å². The Bertz CT molecular complexity index is 606. The van der Waals surface area contributed by atoms with Gasteiger partial charge in [0.25, 0.3) is 0 Å². The Morgan fingerprint density at radius 2 is 2.00 bits per heavy atom. The van der Waals surface area contributed by atoms with E-state index in [1.807, 2.05) is 30.3 Å². The first-order chi connectivity index (χ1) is 10.8. The average Bonchev–Trinajstić information content (AvgIpc) is 3.05. The minimum atomic E-state index is 0.328. The smallest absolute Gasteiger partial charge is 0.122 e. The molecule has 0 saturated carbocycles. The SMILES string of the molecule is Oc1cccc(CCc2ccccc2OC[C@@H]2CCCN2)c1. The fourth-order valence-electron chi connectivity index (χ4n) is 2.93. The second-order valence-corrected chi connectivity index (χ2v) is 5.88. The number of phenols is 1. The van der Waals surface area contributed by atoms with Gasteiger partial charge in [-0.2, -0.15) is 0 Å². The van der Waals surface area contributed by atoms with E-state index in [1.54, 1.807) is 6.07 Å². The van der Waals surface area contributed by atoms with Gasteiger partial charge in [0.05, 0.1) is 0 Å². The quantitative estimate of drug-likeness (QED) is 0.859. The van der Waals surface area contributed by atoms with Crippen molar-refractivity contribution in [2.24, 2.45) is 0 Å². The predicted octanol–water partition coefficient (Wildman–Crippen LogP) is 3.31. The third-order valence-electron chi connectivity index (χ3n) is 4.17. The van der Waals surface area contributed by atoms with Crippen LogP contribution in [0.2, 0.25) is 0 Å². The molecule has 1 saturated heterocycles. The lowest BCUT2D eigenvalue weighted by Crippen LogP contribution is -2.28. The lowest BCUT2D eigenvalue weighted by Gasteiger charge is -2.15. The maximum absolute atomic E-state index is 9.54. The summed E-state index contributed by atoms with van der Waals surface area (Å²) >= 11 is 0. The standard InChI is InChI=1S/C19H23NO2/c21-18-8-3-5-15(13-18)10-11-16-6-1-2-9-19(16)22-14-17-7-4-12-20-17/h1-3,5-6,8-9,13,17,20-21H,4,7,10-12,14H2/t17-/m0/s1. The molecule has 2 aromatic carbocycles. The molecule has 2 N–H and O–H groups in total. The number of aromatic hydroxyl groups is 1. The van der Waals surface area contributed by atoms with E-state index in [9.17, 15) is 5.11 Å². The summed E-state index contributed by atoms with van der Waals surface area (Å²) in [6, 6.07) is 16.2. The van der Waals surface area contributed by atoms with Crippen LogP contribution in [0.4, 0.5) is 0 Å². The number of nitrogens with one attached hydrogen (secondary N) is 1. The zero-order valence-corrected chi connectivity index (χ0v) is 12.8. The lowest BCUT2D eigenvalue weighted by atomic mass is 10.0. The highest BCUT2D eigenvalue weighted by molar-refractivity contribution is 5.35. The van der Waals surface area contributed by atoms with Gasteiger partial charge in [-0.3, -0.25) is 0 Å². The molecule has 0 unspecified atom stereocenters. The Morgan fingerprint density at radius 3 is 2.82 bits per heavy atom. The molecule has 1 heterocycles. The van der Waals surface area contributed by atoms with Crippen molar-refractivity contribution in [3.05, 3.63) is 59.7 Å². The fraction of sp³-hybridized carbons (Fsp3) is 0.368. The maximum atomic E-state index is 9.54. The number of benzene rings is 2. The molecule has 1 aliphatic heterocycles. The summed E-state index contributed by atoms with van der Waals surface area (Å²) < 4.78 is 6.02. The largest absolute Gasteiger partial charge is 0.508 e. The van der Waals surface area contributed by atoms with Gasteiger partial charge in [-0.05, 0) is 61.6 Å². The van der Waals surface area contributed by atoms with Crippen LogP contribution < -0.4 is 10.1 Å².